The van der Waals surface area contributed by atoms with Crippen molar-refractivity contribution in [2.75, 3.05) is 12.8 Å². The Morgan fingerprint density at radius 1 is 1.29 bits per heavy atom. The molecule has 0 atom stereocenters. The van der Waals surface area contributed by atoms with Crippen LogP contribution < -0.4 is 5.73 Å². The molecule has 2 rings (SSSR count). The number of benzene rings is 1. The van der Waals surface area contributed by atoms with Crippen molar-refractivity contribution in [1.82, 2.24) is 0 Å². The Morgan fingerprint density at radius 3 is 2.76 bits per heavy atom. The van der Waals surface area contributed by atoms with Crippen molar-refractivity contribution in [3.63, 3.8) is 0 Å². The van der Waals surface area contributed by atoms with E-state index in [0.29, 0.717) is 11.4 Å². The highest BCUT2D eigenvalue weighted by molar-refractivity contribution is 5.87. The summed E-state index contributed by atoms with van der Waals surface area (Å²) in [5.74, 6) is 0.303. The smallest absolute Gasteiger partial charge is 0.373 e. The maximum Gasteiger partial charge on any atom is 0.373 e. The van der Waals surface area contributed by atoms with Gasteiger partial charge in [0, 0.05) is 11.3 Å². The Morgan fingerprint density at radius 2 is 2.06 bits per heavy atom. The van der Waals surface area contributed by atoms with E-state index in [-0.39, 0.29) is 5.76 Å². The van der Waals surface area contributed by atoms with Crippen LogP contribution in [0, 0.1) is 6.92 Å². The van der Waals surface area contributed by atoms with E-state index in [4.69, 9.17) is 10.2 Å². The van der Waals surface area contributed by atoms with E-state index in [0.717, 1.165) is 11.1 Å². The second-order valence-electron chi connectivity index (χ2n) is 3.73. The third-order valence-corrected chi connectivity index (χ3v) is 2.52. The summed E-state index contributed by atoms with van der Waals surface area (Å²) in [5.41, 5.74) is 8.29. The van der Waals surface area contributed by atoms with Gasteiger partial charge in [0.15, 0.2) is 0 Å². The van der Waals surface area contributed by atoms with Crippen LogP contribution in [0.1, 0.15) is 16.1 Å². The maximum absolute atomic E-state index is 11.3. The number of hydrogen-bond donors (Lipinski definition) is 1. The predicted molar refractivity (Wildman–Crippen MR) is 64.6 cm³/mol. The Hall–Kier alpha value is -2.23. The summed E-state index contributed by atoms with van der Waals surface area (Å²) in [6.07, 6.45) is 0. The van der Waals surface area contributed by atoms with Crippen LogP contribution in [0.3, 0.4) is 0 Å². The van der Waals surface area contributed by atoms with Crippen LogP contribution in [-0.2, 0) is 4.74 Å². The van der Waals surface area contributed by atoms with E-state index < -0.39 is 5.97 Å². The van der Waals surface area contributed by atoms with Crippen molar-refractivity contribution in [3.8, 4) is 11.3 Å². The van der Waals surface area contributed by atoms with Gasteiger partial charge in [-0.3, -0.25) is 0 Å². The summed E-state index contributed by atoms with van der Waals surface area (Å²) in [6, 6.07) is 8.86. The quantitative estimate of drug-likeness (QED) is 0.637. The number of aryl methyl sites for hydroxylation is 1. The number of anilines is 1. The van der Waals surface area contributed by atoms with Crippen LogP contribution in [0.5, 0.6) is 0 Å². The van der Waals surface area contributed by atoms with Gasteiger partial charge >= 0.3 is 5.97 Å². The third-order valence-electron chi connectivity index (χ3n) is 2.52. The Balaban J connectivity index is 2.43. The first-order valence-corrected chi connectivity index (χ1v) is 5.16. The zero-order valence-electron chi connectivity index (χ0n) is 9.69. The molecule has 2 N–H and O–H groups in total. The van der Waals surface area contributed by atoms with Gasteiger partial charge in [0.25, 0.3) is 0 Å². The van der Waals surface area contributed by atoms with Gasteiger partial charge in [-0.1, -0.05) is 6.07 Å². The van der Waals surface area contributed by atoms with E-state index >= 15 is 0 Å². The molecule has 4 heteroatoms. The van der Waals surface area contributed by atoms with E-state index in [2.05, 4.69) is 4.74 Å². The molecule has 0 amide bonds. The lowest BCUT2D eigenvalue weighted by Gasteiger charge is -2.03. The minimum absolute atomic E-state index is 0.185. The molecule has 1 aromatic heterocycles. The lowest BCUT2D eigenvalue weighted by Crippen LogP contribution is -1.98. The number of ether oxygens (including phenoxy) is 1. The molecule has 0 saturated heterocycles. The van der Waals surface area contributed by atoms with Crippen LogP contribution >= 0.6 is 0 Å². The first kappa shape index (κ1) is 11.3. The minimum atomic E-state index is -0.488. The zero-order chi connectivity index (χ0) is 12.4. The summed E-state index contributed by atoms with van der Waals surface area (Å²) >= 11 is 0. The highest BCUT2D eigenvalue weighted by atomic mass is 16.5. The topological polar surface area (TPSA) is 65.5 Å². The number of furan rings is 1. The molecule has 0 bridgehead atoms. The van der Waals surface area contributed by atoms with Crippen LogP contribution in [-0.4, -0.2) is 13.1 Å². The fourth-order valence-corrected chi connectivity index (χ4v) is 1.60. The Kier molecular flexibility index (Phi) is 2.87. The average Bonchev–Trinajstić information content (AvgIpc) is 2.80. The molecule has 0 aliphatic rings. The van der Waals surface area contributed by atoms with E-state index in [9.17, 15) is 4.79 Å². The first-order chi connectivity index (χ1) is 8.11. The molecule has 0 aliphatic carbocycles. The number of nitrogens with two attached hydrogens (primary N) is 1. The molecule has 0 unspecified atom stereocenters. The number of carbonyl (C=O) groups is 1. The molecular formula is C13H13NO3. The second-order valence-corrected chi connectivity index (χ2v) is 3.73. The largest absolute Gasteiger partial charge is 0.463 e. The van der Waals surface area contributed by atoms with Gasteiger partial charge in [0.1, 0.15) is 5.76 Å². The molecule has 0 radical (unpaired) electrons. The first-order valence-electron chi connectivity index (χ1n) is 5.16. The highest BCUT2D eigenvalue weighted by Crippen LogP contribution is 2.27. The fourth-order valence-electron chi connectivity index (χ4n) is 1.60. The lowest BCUT2D eigenvalue weighted by atomic mass is 10.1. The number of hydrogen-bond acceptors (Lipinski definition) is 4. The Labute approximate surface area is 99.0 Å². The number of methoxy groups -OCH3 is 1. The van der Waals surface area contributed by atoms with Crippen LogP contribution in [0.4, 0.5) is 5.69 Å². The normalized spacial score (nSPS) is 10.2. The van der Waals surface area contributed by atoms with Crippen LogP contribution in [0.2, 0.25) is 0 Å². The summed E-state index contributed by atoms with van der Waals surface area (Å²) in [5, 5.41) is 0. The van der Waals surface area contributed by atoms with Gasteiger partial charge < -0.3 is 14.9 Å². The molecule has 0 aliphatic heterocycles. The molecule has 17 heavy (non-hydrogen) atoms. The van der Waals surface area contributed by atoms with Crippen molar-refractivity contribution in [2.45, 2.75) is 6.92 Å². The molecular weight excluding hydrogens is 218 g/mol. The number of rotatable bonds is 2. The number of esters is 1. The summed E-state index contributed by atoms with van der Waals surface area (Å²) in [4.78, 5) is 11.3. The zero-order valence-corrected chi connectivity index (χ0v) is 9.69. The van der Waals surface area contributed by atoms with Gasteiger partial charge in [0.2, 0.25) is 5.76 Å². The van der Waals surface area contributed by atoms with Gasteiger partial charge in [-0.05, 0) is 36.8 Å². The summed E-state index contributed by atoms with van der Waals surface area (Å²) in [6.45, 7) is 1.95. The van der Waals surface area contributed by atoms with Crippen molar-refractivity contribution < 1.29 is 13.9 Å². The summed E-state index contributed by atoms with van der Waals surface area (Å²) in [7, 11) is 1.32. The molecule has 4 nitrogen and oxygen atoms in total. The molecule has 1 aromatic carbocycles. The SMILES string of the molecule is COC(=O)c1ccc(-c2cc(N)ccc2C)o1. The van der Waals surface area contributed by atoms with Crippen molar-refractivity contribution in [3.05, 3.63) is 41.7 Å². The molecule has 0 spiro atoms. The summed E-state index contributed by atoms with van der Waals surface area (Å²) < 4.78 is 10.0. The van der Waals surface area contributed by atoms with Crippen LogP contribution in [0.15, 0.2) is 34.7 Å². The van der Waals surface area contributed by atoms with Crippen molar-refractivity contribution >= 4 is 11.7 Å². The highest BCUT2D eigenvalue weighted by Gasteiger charge is 2.13. The Bertz CT molecular complexity index is 558. The molecule has 1 heterocycles. The van der Waals surface area contributed by atoms with Crippen molar-refractivity contribution in [2.24, 2.45) is 0 Å². The van der Waals surface area contributed by atoms with Gasteiger partial charge in [-0.2, -0.15) is 0 Å². The standard InChI is InChI=1S/C13H13NO3/c1-8-3-4-9(14)7-10(8)11-5-6-12(17-11)13(15)16-2/h3-7H,14H2,1-2H3. The van der Waals surface area contributed by atoms with Gasteiger partial charge in [-0.15, -0.1) is 0 Å². The fraction of sp³-hybridized carbons (Fsp3) is 0.154. The lowest BCUT2D eigenvalue weighted by molar-refractivity contribution is 0.0566. The van der Waals surface area contributed by atoms with E-state index in [1.165, 1.54) is 7.11 Å². The van der Waals surface area contributed by atoms with Gasteiger partial charge in [0.05, 0.1) is 7.11 Å². The maximum atomic E-state index is 11.3. The third kappa shape index (κ3) is 2.15. The molecule has 0 saturated carbocycles. The molecule has 88 valence electrons. The molecule has 0 fully saturated rings. The number of nitrogen functional groups attached to an aromatic ring is 1. The number of carbonyl (C=O) groups excluding carboxylic acids is 1. The van der Waals surface area contributed by atoms with E-state index in [1.54, 1.807) is 12.1 Å². The van der Waals surface area contributed by atoms with Gasteiger partial charge in [-0.25, -0.2) is 4.79 Å². The minimum Gasteiger partial charge on any atom is -0.463 e. The second kappa shape index (κ2) is 4.33. The average molecular weight is 231 g/mol. The van der Waals surface area contributed by atoms with Crippen LogP contribution in [0.25, 0.3) is 11.3 Å². The predicted octanol–water partition coefficient (Wildman–Crippen LogP) is 2.62. The van der Waals surface area contributed by atoms with Crippen molar-refractivity contribution in [1.29, 1.82) is 0 Å². The molecule has 2 aromatic rings. The monoisotopic (exact) mass is 231 g/mol. The van der Waals surface area contributed by atoms with E-state index in [1.807, 2.05) is 25.1 Å².